The molecular weight excluding hydrogens is 535 g/mol. The van der Waals surface area contributed by atoms with Crippen molar-refractivity contribution in [3.63, 3.8) is 0 Å². The molecule has 0 saturated heterocycles. The Kier molecular flexibility index (Phi) is 10.9. The number of nitrogens with zero attached hydrogens (tertiary/aromatic N) is 1. The monoisotopic (exact) mass is 560 g/mol. The summed E-state index contributed by atoms with van der Waals surface area (Å²) in [5, 5.41) is 9.30. The van der Waals surface area contributed by atoms with Gasteiger partial charge in [-0.05, 0) is 42.3 Å². The molecule has 0 bridgehead atoms. The molecule has 0 aliphatic heterocycles. The van der Waals surface area contributed by atoms with Crippen LogP contribution in [0.15, 0.2) is 51.9 Å². The fraction of sp³-hybridized carbons (Fsp3) is 0.300. The summed E-state index contributed by atoms with van der Waals surface area (Å²) in [5.74, 6) is 1.41. The van der Waals surface area contributed by atoms with E-state index in [1.54, 1.807) is 14.2 Å². The van der Waals surface area contributed by atoms with Crippen LogP contribution in [0.25, 0.3) is 0 Å². The molecule has 152 valence electrons. The van der Waals surface area contributed by atoms with E-state index in [-0.39, 0.29) is 29.9 Å². The van der Waals surface area contributed by atoms with Crippen LogP contribution in [0.1, 0.15) is 17.5 Å². The molecule has 0 atom stereocenters. The Balaban J connectivity index is 0.00000392. The summed E-state index contributed by atoms with van der Waals surface area (Å²) < 4.78 is 6.16. The lowest BCUT2D eigenvalue weighted by molar-refractivity contribution is -0.116. The van der Waals surface area contributed by atoms with E-state index in [9.17, 15) is 4.79 Å². The molecule has 0 aliphatic carbocycles. The van der Waals surface area contributed by atoms with E-state index < -0.39 is 0 Å². The molecule has 2 aromatic rings. The van der Waals surface area contributed by atoms with Crippen molar-refractivity contribution >= 4 is 57.5 Å². The fourth-order valence-corrected chi connectivity index (χ4v) is 2.79. The maximum Gasteiger partial charge on any atom is 0.226 e. The quantitative estimate of drug-likeness (QED) is 0.271. The number of halogens is 2. The van der Waals surface area contributed by atoms with E-state index in [4.69, 9.17) is 4.74 Å². The second kappa shape index (κ2) is 12.6. The third-order valence-corrected chi connectivity index (χ3v) is 4.43. The van der Waals surface area contributed by atoms with Gasteiger partial charge in [-0.2, -0.15) is 0 Å². The second-order valence-electron chi connectivity index (χ2n) is 5.96. The minimum atomic E-state index is -0.0491. The highest BCUT2D eigenvalue weighted by Crippen LogP contribution is 2.20. The molecule has 0 unspecified atom stereocenters. The summed E-state index contributed by atoms with van der Waals surface area (Å²) in [5.41, 5.74) is 2.92. The Morgan fingerprint density at radius 1 is 1.18 bits per heavy atom. The minimum absolute atomic E-state index is 0. The first-order valence-corrected chi connectivity index (χ1v) is 9.44. The van der Waals surface area contributed by atoms with E-state index in [1.165, 1.54) is 0 Å². The third kappa shape index (κ3) is 8.05. The first-order chi connectivity index (χ1) is 13.0. The van der Waals surface area contributed by atoms with Crippen molar-refractivity contribution in [3.05, 3.63) is 58.1 Å². The first kappa shape index (κ1) is 24.2. The summed E-state index contributed by atoms with van der Waals surface area (Å²) >= 11 is 3.42. The summed E-state index contributed by atoms with van der Waals surface area (Å²) in [7, 11) is 3.35. The van der Waals surface area contributed by atoms with Crippen LogP contribution < -0.4 is 20.7 Å². The Morgan fingerprint density at radius 3 is 2.68 bits per heavy atom. The van der Waals surface area contributed by atoms with Crippen molar-refractivity contribution < 1.29 is 9.53 Å². The molecule has 0 saturated carbocycles. The van der Waals surface area contributed by atoms with Gasteiger partial charge >= 0.3 is 0 Å². The molecule has 8 heteroatoms. The first-order valence-electron chi connectivity index (χ1n) is 8.65. The molecule has 0 fully saturated rings. The molecule has 0 aliphatic rings. The van der Waals surface area contributed by atoms with Gasteiger partial charge in [-0.15, -0.1) is 24.0 Å². The summed E-state index contributed by atoms with van der Waals surface area (Å²) in [6, 6.07) is 13.6. The molecule has 0 radical (unpaired) electrons. The number of nitrogens with one attached hydrogen (secondary N) is 3. The topological polar surface area (TPSA) is 74.8 Å². The van der Waals surface area contributed by atoms with Crippen molar-refractivity contribution in [2.75, 3.05) is 26.0 Å². The zero-order valence-electron chi connectivity index (χ0n) is 16.2. The number of carbonyl (C=O) groups excluding carboxylic acids is 1. The minimum Gasteiger partial charge on any atom is -0.497 e. The van der Waals surface area contributed by atoms with Gasteiger partial charge in [-0.3, -0.25) is 9.79 Å². The number of amides is 1. The number of guanidine groups is 1. The van der Waals surface area contributed by atoms with Gasteiger partial charge in [0.05, 0.1) is 7.11 Å². The Morgan fingerprint density at radius 2 is 1.96 bits per heavy atom. The molecule has 2 aromatic carbocycles. The van der Waals surface area contributed by atoms with Crippen molar-refractivity contribution in [1.82, 2.24) is 10.6 Å². The van der Waals surface area contributed by atoms with E-state index in [0.717, 1.165) is 27.0 Å². The van der Waals surface area contributed by atoms with Gasteiger partial charge in [0, 0.05) is 36.7 Å². The number of carbonyl (C=O) groups is 1. The van der Waals surface area contributed by atoms with Crippen molar-refractivity contribution in [2.24, 2.45) is 4.99 Å². The number of benzene rings is 2. The number of methoxy groups -OCH3 is 1. The number of rotatable bonds is 7. The van der Waals surface area contributed by atoms with Crippen LogP contribution in [0.5, 0.6) is 5.75 Å². The maximum atomic E-state index is 12.2. The maximum absolute atomic E-state index is 12.2. The summed E-state index contributed by atoms with van der Waals surface area (Å²) in [6.45, 7) is 3.06. The highest BCUT2D eigenvalue weighted by molar-refractivity contribution is 14.0. The molecule has 28 heavy (non-hydrogen) atoms. The summed E-state index contributed by atoms with van der Waals surface area (Å²) in [6.07, 6.45) is 0.339. The summed E-state index contributed by atoms with van der Waals surface area (Å²) in [4.78, 5) is 16.3. The van der Waals surface area contributed by atoms with Crippen LogP contribution in [-0.4, -0.2) is 32.6 Å². The zero-order valence-corrected chi connectivity index (χ0v) is 20.1. The number of aryl methyl sites for hydroxylation is 1. The molecule has 0 spiro atoms. The SMILES string of the molecule is CN=C(NCCC(=O)Nc1cc(Br)ccc1C)NCc1cccc(OC)c1.I. The smallest absolute Gasteiger partial charge is 0.226 e. The van der Waals surface area contributed by atoms with Crippen LogP contribution in [0.2, 0.25) is 0 Å². The highest BCUT2D eigenvalue weighted by Gasteiger charge is 2.06. The zero-order chi connectivity index (χ0) is 19.6. The van der Waals surface area contributed by atoms with Gasteiger partial charge in [-0.1, -0.05) is 34.1 Å². The second-order valence-corrected chi connectivity index (χ2v) is 6.88. The molecule has 0 heterocycles. The lowest BCUT2D eigenvalue weighted by atomic mass is 10.2. The third-order valence-electron chi connectivity index (χ3n) is 3.94. The number of aliphatic imine (C=N–C) groups is 1. The van der Waals surface area contributed by atoms with Crippen LogP contribution in [0, 0.1) is 6.92 Å². The molecular formula is C20H26BrIN4O2. The van der Waals surface area contributed by atoms with Crippen molar-refractivity contribution in [3.8, 4) is 5.75 Å². The van der Waals surface area contributed by atoms with Crippen molar-refractivity contribution in [2.45, 2.75) is 19.9 Å². The van der Waals surface area contributed by atoms with Gasteiger partial charge in [0.25, 0.3) is 0 Å². The van der Waals surface area contributed by atoms with Gasteiger partial charge in [0.2, 0.25) is 5.91 Å². The van der Waals surface area contributed by atoms with Crippen LogP contribution in [-0.2, 0) is 11.3 Å². The molecule has 2 rings (SSSR count). The van der Waals surface area contributed by atoms with Crippen LogP contribution >= 0.6 is 39.9 Å². The molecule has 3 N–H and O–H groups in total. The predicted molar refractivity (Wildman–Crippen MR) is 129 cm³/mol. The van der Waals surface area contributed by atoms with E-state index in [0.29, 0.717) is 25.5 Å². The van der Waals surface area contributed by atoms with Gasteiger partial charge in [-0.25, -0.2) is 0 Å². The number of ether oxygens (including phenoxy) is 1. The highest BCUT2D eigenvalue weighted by atomic mass is 127. The van der Waals surface area contributed by atoms with Gasteiger partial charge < -0.3 is 20.7 Å². The average Bonchev–Trinajstić information content (AvgIpc) is 2.67. The lowest BCUT2D eigenvalue weighted by Gasteiger charge is -2.13. The normalized spacial score (nSPS) is 10.6. The Labute approximate surface area is 191 Å². The predicted octanol–water partition coefficient (Wildman–Crippen LogP) is 4.08. The largest absolute Gasteiger partial charge is 0.497 e. The van der Waals surface area contributed by atoms with E-state index in [1.807, 2.05) is 49.4 Å². The van der Waals surface area contributed by atoms with Gasteiger partial charge in [0.15, 0.2) is 5.96 Å². The number of anilines is 1. The average molecular weight is 561 g/mol. The number of hydrogen-bond donors (Lipinski definition) is 3. The standard InChI is InChI=1S/C20H25BrN4O2.HI/c1-14-7-8-16(21)12-18(14)25-19(26)9-10-23-20(22-2)24-13-15-5-4-6-17(11-15)27-3;/h4-8,11-12H,9-10,13H2,1-3H3,(H,25,26)(H2,22,23,24);1H. The number of hydrogen-bond acceptors (Lipinski definition) is 3. The Hall–Kier alpha value is -1.81. The fourth-order valence-electron chi connectivity index (χ4n) is 2.42. The van der Waals surface area contributed by atoms with E-state index in [2.05, 4.69) is 36.9 Å². The van der Waals surface area contributed by atoms with Gasteiger partial charge in [0.1, 0.15) is 5.75 Å². The molecule has 6 nitrogen and oxygen atoms in total. The lowest BCUT2D eigenvalue weighted by Crippen LogP contribution is -2.38. The Bertz CT molecular complexity index is 815. The van der Waals surface area contributed by atoms with E-state index >= 15 is 0 Å². The van der Waals surface area contributed by atoms with Crippen LogP contribution in [0.4, 0.5) is 5.69 Å². The molecule has 1 amide bonds. The van der Waals surface area contributed by atoms with Crippen LogP contribution in [0.3, 0.4) is 0 Å². The van der Waals surface area contributed by atoms with Crippen molar-refractivity contribution in [1.29, 1.82) is 0 Å². The molecule has 0 aromatic heterocycles.